The third kappa shape index (κ3) is 2.72. The van der Waals surface area contributed by atoms with E-state index in [-0.39, 0.29) is 24.4 Å². The third-order valence-electron chi connectivity index (χ3n) is 9.33. The van der Waals surface area contributed by atoms with Crippen molar-refractivity contribution in [1.29, 1.82) is 0 Å². The van der Waals surface area contributed by atoms with Crippen LogP contribution < -0.4 is 0 Å². The zero-order valence-electron chi connectivity index (χ0n) is 19.4. The normalized spacial score (nSPS) is 41.2. The molecule has 3 fully saturated rings. The lowest BCUT2D eigenvalue weighted by Gasteiger charge is -2.58. The van der Waals surface area contributed by atoms with Gasteiger partial charge in [-0.25, -0.2) is 4.79 Å². The van der Waals surface area contributed by atoms with Gasteiger partial charge in [0.25, 0.3) is 0 Å². The Morgan fingerprint density at radius 1 is 1.22 bits per heavy atom. The Hall–Kier alpha value is -2.18. The van der Waals surface area contributed by atoms with Crippen molar-refractivity contribution in [3.05, 3.63) is 11.6 Å². The highest BCUT2D eigenvalue weighted by Gasteiger charge is 2.83. The number of carboxylic acids is 1. The summed E-state index contributed by atoms with van der Waals surface area (Å²) in [5, 5.41) is 10.9. The number of aldehydes is 1. The lowest BCUT2D eigenvalue weighted by atomic mass is 9.42. The molecule has 0 aromatic carbocycles. The van der Waals surface area contributed by atoms with E-state index in [9.17, 15) is 24.3 Å². The standard InChI is InChI=1S/C25H34O7/c1-14(2)20-9-17-10-24(13-26)19-6-5-15(3)18(19)11-23(17,25(20,24)22(29)30)7-8-31-21(28)12-32-16(4)27/h9,13-15,17-19H,5-8,10-12H2,1-4H3,(H,29,30)/t15-,17?,18?,19?,23?,24?,25?/m1/s1. The molecule has 7 atom stereocenters. The molecule has 0 aliphatic heterocycles. The van der Waals surface area contributed by atoms with Gasteiger partial charge in [0.2, 0.25) is 0 Å². The lowest BCUT2D eigenvalue weighted by Crippen LogP contribution is -2.62. The predicted octanol–water partition coefficient (Wildman–Crippen LogP) is 3.41. The highest BCUT2D eigenvalue weighted by Crippen LogP contribution is 2.83. The van der Waals surface area contributed by atoms with E-state index in [0.717, 1.165) is 31.1 Å². The molecule has 4 rings (SSSR count). The molecule has 0 spiro atoms. The number of ether oxygens (including phenoxy) is 2. The van der Waals surface area contributed by atoms with Gasteiger partial charge in [0, 0.05) is 12.3 Å². The maximum absolute atomic E-state index is 13.3. The van der Waals surface area contributed by atoms with Crippen molar-refractivity contribution in [2.45, 2.75) is 59.8 Å². The number of carbonyl (C=O) groups is 4. The van der Waals surface area contributed by atoms with E-state index in [1.54, 1.807) is 0 Å². The molecule has 0 radical (unpaired) electrons. The molecule has 0 amide bonds. The second-order valence-electron chi connectivity index (χ2n) is 10.7. The fourth-order valence-corrected chi connectivity index (χ4v) is 8.38. The van der Waals surface area contributed by atoms with Crippen LogP contribution in [0.3, 0.4) is 0 Å². The van der Waals surface area contributed by atoms with E-state index in [4.69, 9.17) is 9.47 Å². The maximum Gasteiger partial charge on any atom is 0.344 e. The van der Waals surface area contributed by atoms with Crippen molar-refractivity contribution in [2.75, 3.05) is 13.2 Å². The SMILES string of the molecule is CC(=O)OCC(=O)OCCC12CC3C(CC[C@H]3C)C3(C=O)CC1C=C(C(C)C)C32C(=O)O. The second kappa shape index (κ2) is 7.70. The highest BCUT2D eigenvalue weighted by molar-refractivity contribution is 5.90. The minimum atomic E-state index is -1.26. The van der Waals surface area contributed by atoms with Crippen molar-refractivity contribution >= 4 is 24.2 Å². The van der Waals surface area contributed by atoms with Crippen LogP contribution in [0.15, 0.2) is 11.6 Å². The molecule has 4 aliphatic carbocycles. The van der Waals surface area contributed by atoms with Gasteiger partial charge in [-0.15, -0.1) is 0 Å². The Kier molecular flexibility index (Phi) is 5.53. The zero-order chi connectivity index (χ0) is 23.5. The number of allylic oxidation sites excluding steroid dienone is 1. The summed E-state index contributed by atoms with van der Waals surface area (Å²) in [6, 6.07) is 0. The first-order valence-electron chi connectivity index (χ1n) is 11.8. The van der Waals surface area contributed by atoms with Crippen LogP contribution in [-0.2, 0) is 28.7 Å². The topological polar surface area (TPSA) is 107 Å². The first-order chi connectivity index (χ1) is 15.1. The van der Waals surface area contributed by atoms with Crippen LogP contribution in [0.1, 0.15) is 59.8 Å². The van der Waals surface area contributed by atoms with Gasteiger partial charge in [-0.1, -0.05) is 38.8 Å². The molecule has 6 unspecified atom stereocenters. The summed E-state index contributed by atoms with van der Waals surface area (Å²) in [5.74, 6) is -1.30. The predicted molar refractivity (Wildman–Crippen MR) is 114 cm³/mol. The Balaban J connectivity index is 1.73. The Morgan fingerprint density at radius 3 is 2.53 bits per heavy atom. The van der Waals surface area contributed by atoms with Crippen LogP contribution in [0, 0.1) is 45.8 Å². The van der Waals surface area contributed by atoms with Gasteiger partial charge < -0.3 is 19.4 Å². The summed E-state index contributed by atoms with van der Waals surface area (Å²) in [6.45, 7) is 7.04. The number of rotatable bonds is 8. The minimum absolute atomic E-state index is 0.0111. The number of esters is 2. The van der Waals surface area contributed by atoms with Crippen LogP contribution >= 0.6 is 0 Å². The monoisotopic (exact) mass is 446 g/mol. The van der Waals surface area contributed by atoms with E-state index in [1.165, 1.54) is 6.92 Å². The van der Waals surface area contributed by atoms with Crippen LogP contribution in [0.4, 0.5) is 0 Å². The summed E-state index contributed by atoms with van der Waals surface area (Å²) in [5.41, 5.74) is -1.94. The average Bonchev–Trinajstić information content (AvgIpc) is 3.29. The summed E-state index contributed by atoms with van der Waals surface area (Å²) in [4.78, 5) is 49.1. The van der Waals surface area contributed by atoms with Crippen molar-refractivity contribution in [3.63, 3.8) is 0 Å². The number of hydrogen-bond acceptors (Lipinski definition) is 6. The zero-order valence-corrected chi connectivity index (χ0v) is 19.4. The van der Waals surface area contributed by atoms with E-state index in [2.05, 4.69) is 13.0 Å². The molecule has 7 heteroatoms. The fraction of sp³-hybridized carbons (Fsp3) is 0.760. The molecule has 4 aliphatic rings. The van der Waals surface area contributed by atoms with Crippen molar-refractivity contribution in [1.82, 2.24) is 0 Å². The van der Waals surface area contributed by atoms with Gasteiger partial charge in [0.1, 0.15) is 11.7 Å². The fourth-order valence-electron chi connectivity index (χ4n) is 8.38. The van der Waals surface area contributed by atoms with Crippen LogP contribution in [0.25, 0.3) is 0 Å². The molecular formula is C25H34O7. The van der Waals surface area contributed by atoms with Gasteiger partial charge in [-0.2, -0.15) is 0 Å². The van der Waals surface area contributed by atoms with E-state index in [0.29, 0.717) is 24.7 Å². The second-order valence-corrected chi connectivity index (χ2v) is 10.7. The molecule has 0 heterocycles. The molecule has 1 N–H and O–H groups in total. The molecule has 0 aromatic heterocycles. The third-order valence-corrected chi connectivity index (χ3v) is 9.33. The largest absolute Gasteiger partial charge is 0.481 e. The Morgan fingerprint density at radius 2 is 1.94 bits per heavy atom. The Labute approximate surface area is 188 Å². The van der Waals surface area contributed by atoms with Gasteiger partial charge in [0.05, 0.1) is 12.0 Å². The number of carboxylic acid groups (broad SMARTS) is 1. The molecule has 0 aromatic rings. The van der Waals surface area contributed by atoms with E-state index in [1.807, 2.05) is 13.8 Å². The molecule has 7 nitrogen and oxygen atoms in total. The average molecular weight is 447 g/mol. The summed E-state index contributed by atoms with van der Waals surface area (Å²) in [6.07, 6.45) is 6.71. The van der Waals surface area contributed by atoms with Crippen molar-refractivity contribution < 1.29 is 33.8 Å². The summed E-state index contributed by atoms with van der Waals surface area (Å²) >= 11 is 0. The van der Waals surface area contributed by atoms with Crippen LogP contribution in [-0.4, -0.2) is 42.5 Å². The quantitative estimate of drug-likeness (QED) is 0.346. The van der Waals surface area contributed by atoms with Gasteiger partial charge in [0.15, 0.2) is 6.61 Å². The lowest BCUT2D eigenvalue weighted by molar-refractivity contribution is -0.182. The first-order valence-corrected chi connectivity index (χ1v) is 11.8. The number of hydrogen-bond donors (Lipinski definition) is 1. The summed E-state index contributed by atoms with van der Waals surface area (Å²) < 4.78 is 10.1. The number of fused-ring (bicyclic) bond motifs is 2. The molecule has 176 valence electrons. The van der Waals surface area contributed by atoms with Crippen LogP contribution in [0.5, 0.6) is 0 Å². The highest BCUT2D eigenvalue weighted by atomic mass is 16.6. The summed E-state index contributed by atoms with van der Waals surface area (Å²) in [7, 11) is 0. The molecule has 32 heavy (non-hydrogen) atoms. The maximum atomic E-state index is 13.3. The first kappa shape index (κ1) is 23.0. The van der Waals surface area contributed by atoms with Crippen LogP contribution in [0.2, 0.25) is 0 Å². The van der Waals surface area contributed by atoms with Gasteiger partial charge in [-0.3, -0.25) is 9.59 Å². The Bertz CT molecular complexity index is 876. The molecule has 4 bridgehead atoms. The number of carbonyl (C=O) groups excluding carboxylic acids is 3. The van der Waals surface area contributed by atoms with Gasteiger partial charge >= 0.3 is 17.9 Å². The van der Waals surface area contributed by atoms with E-state index >= 15 is 0 Å². The number of aliphatic carboxylic acids is 1. The minimum Gasteiger partial charge on any atom is -0.481 e. The smallest absolute Gasteiger partial charge is 0.344 e. The van der Waals surface area contributed by atoms with Crippen molar-refractivity contribution in [2.24, 2.45) is 45.8 Å². The molecular weight excluding hydrogens is 412 g/mol. The van der Waals surface area contributed by atoms with E-state index < -0.39 is 40.8 Å². The van der Waals surface area contributed by atoms with Gasteiger partial charge in [-0.05, 0) is 55.3 Å². The molecule has 0 saturated heterocycles. The molecule has 3 saturated carbocycles. The van der Waals surface area contributed by atoms with Crippen molar-refractivity contribution in [3.8, 4) is 0 Å².